The zero-order chi connectivity index (χ0) is 19.3. The van der Waals surface area contributed by atoms with E-state index in [0.717, 1.165) is 12.1 Å². The zero-order valence-electron chi connectivity index (χ0n) is 13.2. The van der Waals surface area contributed by atoms with Gasteiger partial charge in [0.25, 0.3) is 0 Å². The second-order valence-corrected chi connectivity index (χ2v) is 4.54. The third-order valence-corrected chi connectivity index (χ3v) is 2.79. The van der Waals surface area contributed by atoms with Gasteiger partial charge in [0.2, 0.25) is 0 Å². The number of carbonyl (C=O) groups excluding carboxylic acids is 2. The molecule has 0 aliphatic rings. The fourth-order valence-corrected chi connectivity index (χ4v) is 1.77. The van der Waals surface area contributed by atoms with Gasteiger partial charge in [-0.3, -0.25) is 5.32 Å². The van der Waals surface area contributed by atoms with E-state index in [2.05, 4.69) is 9.47 Å². The summed E-state index contributed by atoms with van der Waals surface area (Å²) in [7, 11) is 0. The molecule has 0 unspecified atom stereocenters. The summed E-state index contributed by atoms with van der Waals surface area (Å²) in [6.07, 6.45) is -5.37. The number of halogens is 5. The first-order valence-electron chi connectivity index (χ1n) is 6.99. The number of esters is 1. The molecule has 0 saturated carbocycles. The van der Waals surface area contributed by atoms with Crippen molar-refractivity contribution < 1.29 is 41.0 Å². The number of alkyl halides is 3. The first kappa shape index (κ1) is 20.6. The summed E-state index contributed by atoms with van der Waals surface area (Å²) in [6, 6.07) is 0.388. The summed E-state index contributed by atoms with van der Waals surface area (Å²) in [5.74, 6) is -4.06. The largest absolute Gasteiger partial charge is 0.462 e. The molecule has 0 saturated heterocycles. The van der Waals surface area contributed by atoms with E-state index in [0.29, 0.717) is 6.07 Å². The zero-order valence-corrected chi connectivity index (χ0v) is 13.2. The minimum atomic E-state index is -5.37. The Bertz CT molecular complexity index is 638. The number of hydrogen-bond donors (Lipinski definition) is 2. The Morgan fingerprint density at radius 3 is 2.24 bits per heavy atom. The molecule has 0 aliphatic heterocycles. The Morgan fingerprint density at radius 2 is 1.76 bits per heavy atom. The lowest BCUT2D eigenvalue weighted by Gasteiger charge is -2.33. The van der Waals surface area contributed by atoms with Crippen LogP contribution in [0.4, 0.5) is 32.4 Å². The van der Waals surface area contributed by atoms with Crippen molar-refractivity contribution in [2.45, 2.75) is 25.7 Å². The first-order chi connectivity index (χ1) is 11.6. The lowest BCUT2D eigenvalue weighted by molar-refractivity contribution is -0.282. The second-order valence-electron chi connectivity index (χ2n) is 4.54. The second kappa shape index (κ2) is 8.10. The smallest absolute Gasteiger partial charge is 0.448 e. The van der Waals surface area contributed by atoms with Crippen molar-refractivity contribution in [1.82, 2.24) is 5.32 Å². The minimum Gasteiger partial charge on any atom is -0.462 e. The van der Waals surface area contributed by atoms with E-state index in [1.807, 2.05) is 0 Å². The van der Waals surface area contributed by atoms with E-state index in [1.165, 1.54) is 19.2 Å². The van der Waals surface area contributed by atoms with Gasteiger partial charge >= 0.3 is 23.9 Å². The van der Waals surface area contributed by atoms with E-state index >= 15 is 0 Å². The van der Waals surface area contributed by atoms with Gasteiger partial charge in [-0.15, -0.1) is 0 Å². The molecule has 0 spiro atoms. The van der Waals surface area contributed by atoms with Crippen LogP contribution < -0.4 is 10.6 Å². The molecule has 1 rings (SSSR count). The molecule has 0 fully saturated rings. The number of rotatable bonds is 6. The maximum Gasteiger partial charge on any atom is 0.448 e. The van der Waals surface area contributed by atoms with Crippen LogP contribution in [0.15, 0.2) is 18.2 Å². The van der Waals surface area contributed by atoms with Crippen LogP contribution in [-0.4, -0.2) is 37.1 Å². The van der Waals surface area contributed by atoms with Crippen molar-refractivity contribution in [3.63, 3.8) is 0 Å². The van der Waals surface area contributed by atoms with Crippen molar-refractivity contribution in [2.75, 3.05) is 18.5 Å². The van der Waals surface area contributed by atoms with Crippen LogP contribution in [0, 0.1) is 11.6 Å². The standard InChI is InChI=1S/C14H15F5N2O4/c1-3-24-11(22)13(25-4-2,14(17,18)19)21-12(23)20-10-6-5-8(15)7-9(10)16/h5-7H,3-4H2,1-2H3,(H2,20,21,23)/t13-/m1/s1. The van der Waals surface area contributed by atoms with E-state index in [9.17, 15) is 31.5 Å². The normalized spacial score (nSPS) is 13.7. The third kappa shape index (κ3) is 4.78. The van der Waals surface area contributed by atoms with Gasteiger partial charge in [0, 0.05) is 12.7 Å². The number of hydrogen-bond acceptors (Lipinski definition) is 4. The molecule has 25 heavy (non-hydrogen) atoms. The van der Waals surface area contributed by atoms with Crippen LogP contribution in [0.3, 0.4) is 0 Å². The van der Waals surface area contributed by atoms with Crippen LogP contribution in [0.25, 0.3) is 0 Å². The average molecular weight is 370 g/mol. The summed E-state index contributed by atoms with van der Waals surface area (Å²) in [5.41, 5.74) is -4.38. The molecule has 0 heterocycles. The highest BCUT2D eigenvalue weighted by Gasteiger charge is 2.64. The lowest BCUT2D eigenvalue weighted by Crippen LogP contribution is -2.67. The molecule has 2 amide bonds. The predicted octanol–water partition coefficient (Wildman–Crippen LogP) is 2.94. The molecule has 6 nitrogen and oxygen atoms in total. The fourth-order valence-electron chi connectivity index (χ4n) is 1.77. The number of benzene rings is 1. The highest BCUT2D eigenvalue weighted by atomic mass is 19.4. The SMILES string of the molecule is CCOC(=O)[C@@](NC(=O)Nc1ccc(F)cc1F)(OCC)C(F)(F)F. The van der Waals surface area contributed by atoms with Gasteiger partial charge in [0.05, 0.1) is 12.3 Å². The Morgan fingerprint density at radius 1 is 1.12 bits per heavy atom. The number of ether oxygens (including phenoxy) is 2. The molecule has 0 aliphatic carbocycles. The fraction of sp³-hybridized carbons (Fsp3) is 0.429. The Labute approximate surface area is 139 Å². The van der Waals surface area contributed by atoms with Crippen molar-refractivity contribution in [3.05, 3.63) is 29.8 Å². The van der Waals surface area contributed by atoms with Crippen molar-refractivity contribution in [1.29, 1.82) is 0 Å². The summed E-state index contributed by atoms with van der Waals surface area (Å²) in [4.78, 5) is 23.6. The third-order valence-electron chi connectivity index (χ3n) is 2.79. The topological polar surface area (TPSA) is 76.7 Å². The molecular weight excluding hydrogens is 355 g/mol. The Balaban J connectivity index is 3.11. The van der Waals surface area contributed by atoms with Crippen molar-refractivity contribution in [3.8, 4) is 0 Å². The lowest BCUT2D eigenvalue weighted by atomic mass is 10.2. The monoisotopic (exact) mass is 370 g/mol. The van der Waals surface area contributed by atoms with E-state index < -0.39 is 54.4 Å². The molecule has 11 heteroatoms. The Hall–Kier alpha value is -2.43. The number of amides is 2. The molecule has 2 N–H and O–H groups in total. The van der Waals surface area contributed by atoms with E-state index in [-0.39, 0.29) is 0 Å². The molecule has 0 radical (unpaired) electrons. The number of nitrogens with one attached hydrogen (secondary N) is 2. The molecule has 0 aromatic heterocycles. The number of carbonyl (C=O) groups is 2. The minimum absolute atomic E-state index is 0.403. The quantitative estimate of drug-likeness (QED) is 0.459. The maximum absolute atomic E-state index is 13.5. The van der Waals surface area contributed by atoms with Crippen LogP contribution in [0.1, 0.15) is 13.8 Å². The summed E-state index contributed by atoms with van der Waals surface area (Å²) >= 11 is 0. The molecular formula is C14H15F5N2O4. The van der Waals surface area contributed by atoms with Gasteiger partial charge in [-0.1, -0.05) is 0 Å². The summed E-state index contributed by atoms with van der Waals surface area (Å²) < 4.78 is 75.2. The molecule has 1 aromatic rings. The van der Waals surface area contributed by atoms with Crippen molar-refractivity contribution >= 4 is 17.7 Å². The Kier molecular flexibility index (Phi) is 6.68. The van der Waals surface area contributed by atoms with Gasteiger partial charge in [0.15, 0.2) is 0 Å². The first-order valence-corrected chi connectivity index (χ1v) is 6.99. The molecule has 1 aromatic carbocycles. The molecule has 1 atom stereocenters. The highest BCUT2D eigenvalue weighted by Crippen LogP contribution is 2.33. The molecule has 140 valence electrons. The van der Waals surface area contributed by atoms with Crippen LogP contribution in [0.5, 0.6) is 0 Å². The van der Waals surface area contributed by atoms with Gasteiger partial charge in [-0.25, -0.2) is 18.4 Å². The van der Waals surface area contributed by atoms with Crippen molar-refractivity contribution in [2.24, 2.45) is 0 Å². The van der Waals surface area contributed by atoms with E-state index in [1.54, 1.807) is 5.32 Å². The molecule has 0 bridgehead atoms. The van der Waals surface area contributed by atoms with Crippen LogP contribution in [-0.2, 0) is 14.3 Å². The van der Waals surface area contributed by atoms with Crippen LogP contribution in [0.2, 0.25) is 0 Å². The average Bonchev–Trinajstić information content (AvgIpc) is 2.48. The number of urea groups is 1. The maximum atomic E-state index is 13.5. The summed E-state index contributed by atoms with van der Waals surface area (Å²) in [6.45, 7) is 1.43. The highest BCUT2D eigenvalue weighted by molar-refractivity contribution is 5.94. The van der Waals surface area contributed by atoms with Gasteiger partial charge < -0.3 is 14.8 Å². The van der Waals surface area contributed by atoms with Gasteiger partial charge in [-0.05, 0) is 26.0 Å². The van der Waals surface area contributed by atoms with Gasteiger partial charge in [-0.2, -0.15) is 13.2 Å². The van der Waals surface area contributed by atoms with Crippen LogP contribution >= 0.6 is 0 Å². The predicted molar refractivity (Wildman–Crippen MR) is 75.6 cm³/mol. The summed E-state index contributed by atoms with van der Waals surface area (Å²) in [5, 5.41) is 3.05. The number of anilines is 1. The van der Waals surface area contributed by atoms with E-state index in [4.69, 9.17) is 0 Å². The van der Waals surface area contributed by atoms with Gasteiger partial charge in [0.1, 0.15) is 11.6 Å².